The number of likely N-dealkylation sites (N-methyl/N-ethyl adjacent to an activating group) is 2. The summed E-state index contributed by atoms with van der Waals surface area (Å²) in [5, 5.41) is 0.449. The summed E-state index contributed by atoms with van der Waals surface area (Å²) in [6.45, 7) is 1.22. The standard InChI is InChI=1S/C16H25ClFN3/c1-20(2)16(8-5-9-16)11-21(3)14(10-19)15-12(17)6-4-7-13(15)18/h4,6-7,14H,5,8-11,19H2,1-3H3. The van der Waals surface area contributed by atoms with Crippen molar-refractivity contribution in [2.45, 2.75) is 30.8 Å². The zero-order chi connectivity index (χ0) is 15.6. The maximum atomic E-state index is 14.2. The molecule has 1 aromatic carbocycles. The first kappa shape index (κ1) is 16.7. The maximum absolute atomic E-state index is 14.2. The van der Waals surface area contributed by atoms with Crippen LogP contribution in [0.3, 0.4) is 0 Å². The van der Waals surface area contributed by atoms with Crippen LogP contribution >= 0.6 is 11.6 Å². The summed E-state index contributed by atoms with van der Waals surface area (Å²) in [6, 6.07) is 4.60. The van der Waals surface area contributed by atoms with E-state index in [1.165, 1.54) is 25.3 Å². The molecule has 0 spiro atoms. The summed E-state index contributed by atoms with van der Waals surface area (Å²) in [5.74, 6) is -0.280. The van der Waals surface area contributed by atoms with Crippen molar-refractivity contribution in [3.05, 3.63) is 34.6 Å². The van der Waals surface area contributed by atoms with Gasteiger partial charge in [-0.1, -0.05) is 17.7 Å². The normalized spacial score (nSPS) is 18.9. The van der Waals surface area contributed by atoms with E-state index in [1.54, 1.807) is 12.1 Å². The lowest BCUT2D eigenvalue weighted by atomic mass is 9.75. The topological polar surface area (TPSA) is 32.5 Å². The molecule has 2 rings (SSSR count). The van der Waals surface area contributed by atoms with Crippen LogP contribution in [-0.4, -0.2) is 49.6 Å². The minimum absolute atomic E-state index is 0.180. The monoisotopic (exact) mass is 313 g/mol. The Bertz CT molecular complexity index is 468. The van der Waals surface area contributed by atoms with Crippen molar-refractivity contribution in [2.75, 3.05) is 34.2 Å². The highest BCUT2D eigenvalue weighted by molar-refractivity contribution is 6.31. The fraction of sp³-hybridized carbons (Fsp3) is 0.625. The Labute approximate surface area is 131 Å². The second-order valence-electron chi connectivity index (χ2n) is 6.27. The molecule has 1 fully saturated rings. The van der Waals surface area contributed by atoms with E-state index in [1.807, 2.05) is 7.05 Å². The van der Waals surface area contributed by atoms with Gasteiger partial charge in [0.15, 0.2) is 0 Å². The van der Waals surface area contributed by atoms with Gasteiger partial charge in [-0.2, -0.15) is 0 Å². The number of halogens is 2. The van der Waals surface area contributed by atoms with Crippen LogP contribution in [0.2, 0.25) is 5.02 Å². The van der Waals surface area contributed by atoms with E-state index >= 15 is 0 Å². The molecule has 1 unspecified atom stereocenters. The largest absolute Gasteiger partial charge is 0.329 e. The second kappa shape index (κ2) is 6.61. The second-order valence-corrected chi connectivity index (χ2v) is 6.68. The summed E-state index contributed by atoms with van der Waals surface area (Å²) in [5.41, 5.74) is 6.61. The van der Waals surface area contributed by atoms with Crippen molar-refractivity contribution in [3.63, 3.8) is 0 Å². The predicted molar refractivity (Wildman–Crippen MR) is 86.1 cm³/mol. The fourth-order valence-corrected chi connectivity index (χ4v) is 3.54. The molecule has 1 aliphatic rings. The van der Waals surface area contributed by atoms with Gasteiger partial charge in [-0.25, -0.2) is 4.39 Å². The quantitative estimate of drug-likeness (QED) is 0.876. The number of nitrogens with zero attached hydrogens (tertiary/aromatic N) is 2. The Hall–Kier alpha value is -0.680. The molecule has 21 heavy (non-hydrogen) atoms. The summed E-state index contributed by atoms with van der Waals surface area (Å²) in [7, 11) is 6.23. The minimum Gasteiger partial charge on any atom is -0.329 e. The Morgan fingerprint density at radius 1 is 1.33 bits per heavy atom. The Morgan fingerprint density at radius 3 is 2.43 bits per heavy atom. The summed E-state index contributed by atoms with van der Waals surface area (Å²) in [4.78, 5) is 4.42. The molecule has 1 aromatic rings. The molecule has 0 saturated heterocycles. The highest BCUT2D eigenvalue weighted by atomic mass is 35.5. The van der Waals surface area contributed by atoms with E-state index < -0.39 is 0 Å². The van der Waals surface area contributed by atoms with Crippen LogP contribution in [0.25, 0.3) is 0 Å². The highest BCUT2D eigenvalue weighted by Crippen LogP contribution is 2.38. The number of nitrogens with two attached hydrogens (primary N) is 1. The number of hydrogen-bond acceptors (Lipinski definition) is 3. The Kier molecular flexibility index (Phi) is 5.25. The van der Waals surface area contributed by atoms with Gasteiger partial charge < -0.3 is 10.6 Å². The van der Waals surface area contributed by atoms with Crippen LogP contribution in [0.15, 0.2) is 18.2 Å². The van der Waals surface area contributed by atoms with Gasteiger partial charge >= 0.3 is 0 Å². The molecule has 1 atom stereocenters. The minimum atomic E-state index is -0.280. The van der Waals surface area contributed by atoms with Crippen LogP contribution in [0.5, 0.6) is 0 Å². The van der Waals surface area contributed by atoms with Gasteiger partial charge in [0, 0.05) is 29.2 Å². The molecule has 0 amide bonds. The molecule has 0 heterocycles. The van der Waals surface area contributed by atoms with E-state index in [4.69, 9.17) is 17.3 Å². The van der Waals surface area contributed by atoms with Crippen molar-refractivity contribution in [1.29, 1.82) is 0 Å². The average molecular weight is 314 g/mol. The van der Waals surface area contributed by atoms with Crippen molar-refractivity contribution in [1.82, 2.24) is 9.80 Å². The lowest BCUT2D eigenvalue weighted by Gasteiger charge is -2.50. The van der Waals surface area contributed by atoms with Crippen LogP contribution < -0.4 is 5.73 Å². The van der Waals surface area contributed by atoms with Gasteiger partial charge in [-0.05, 0) is 52.5 Å². The molecule has 0 aromatic heterocycles. The van der Waals surface area contributed by atoms with Gasteiger partial charge in [0.05, 0.1) is 6.04 Å². The average Bonchev–Trinajstić information content (AvgIpc) is 2.37. The van der Waals surface area contributed by atoms with Gasteiger partial charge in [-0.3, -0.25) is 4.90 Å². The lowest BCUT2D eigenvalue weighted by Crippen LogP contribution is -2.57. The van der Waals surface area contributed by atoms with E-state index in [0.717, 1.165) is 6.54 Å². The Morgan fingerprint density at radius 2 is 2.00 bits per heavy atom. The van der Waals surface area contributed by atoms with Crippen LogP contribution in [-0.2, 0) is 0 Å². The SMILES string of the molecule is CN(CC1(N(C)C)CCC1)C(CN)c1c(F)cccc1Cl. The van der Waals surface area contributed by atoms with Gasteiger partial charge in [0.2, 0.25) is 0 Å². The first-order chi connectivity index (χ1) is 9.91. The van der Waals surface area contributed by atoms with Crippen LogP contribution in [0, 0.1) is 5.82 Å². The van der Waals surface area contributed by atoms with Gasteiger partial charge in [0.1, 0.15) is 5.82 Å². The smallest absolute Gasteiger partial charge is 0.129 e. The van der Waals surface area contributed by atoms with Crippen molar-refractivity contribution < 1.29 is 4.39 Å². The van der Waals surface area contributed by atoms with Crippen LogP contribution in [0.4, 0.5) is 4.39 Å². The van der Waals surface area contributed by atoms with Crippen molar-refractivity contribution in [2.24, 2.45) is 5.73 Å². The Balaban J connectivity index is 2.21. The van der Waals surface area contributed by atoms with E-state index in [0.29, 0.717) is 17.1 Å². The van der Waals surface area contributed by atoms with Crippen molar-refractivity contribution >= 4 is 11.6 Å². The molecule has 0 aliphatic heterocycles. The molecule has 0 radical (unpaired) electrons. The molecule has 118 valence electrons. The predicted octanol–water partition coefficient (Wildman–Crippen LogP) is 2.90. The number of rotatable bonds is 6. The molecule has 2 N–H and O–H groups in total. The molecule has 1 saturated carbocycles. The first-order valence-electron chi connectivity index (χ1n) is 7.43. The zero-order valence-corrected chi connectivity index (χ0v) is 13.8. The fourth-order valence-electron chi connectivity index (χ4n) is 3.25. The van der Waals surface area contributed by atoms with Gasteiger partial charge in [0.25, 0.3) is 0 Å². The van der Waals surface area contributed by atoms with E-state index in [-0.39, 0.29) is 17.4 Å². The van der Waals surface area contributed by atoms with Crippen molar-refractivity contribution in [3.8, 4) is 0 Å². The third-order valence-corrected chi connectivity index (χ3v) is 5.19. The third-order valence-electron chi connectivity index (χ3n) is 4.86. The molecule has 5 heteroatoms. The molecule has 1 aliphatic carbocycles. The molecule has 3 nitrogen and oxygen atoms in total. The molecular weight excluding hydrogens is 289 g/mol. The third kappa shape index (κ3) is 3.24. The van der Waals surface area contributed by atoms with E-state index in [9.17, 15) is 4.39 Å². The highest BCUT2D eigenvalue weighted by Gasteiger charge is 2.41. The zero-order valence-electron chi connectivity index (χ0n) is 13.1. The summed E-state index contributed by atoms with van der Waals surface area (Å²) < 4.78 is 14.2. The molecule has 0 bridgehead atoms. The summed E-state index contributed by atoms with van der Waals surface area (Å²) >= 11 is 6.20. The maximum Gasteiger partial charge on any atom is 0.129 e. The van der Waals surface area contributed by atoms with E-state index in [2.05, 4.69) is 23.9 Å². The van der Waals surface area contributed by atoms with Gasteiger partial charge in [-0.15, -0.1) is 0 Å². The number of benzene rings is 1. The lowest BCUT2D eigenvalue weighted by molar-refractivity contribution is 0.0164. The summed E-state index contributed by atoms with van der Waals surface area (Å²) in [6.07, 6.45) is 3.60. The molecular formula is C16H25ClFN3. The number of hydrogen-bond donors (Lipinski definition) is 1. The first-order valence-corrected chi connectivity index (χ1v) is 7.81. The van der Waals surface area contributed by atoms with Crippen LogP contribution in [0.1, 0.15) is 30.9 Å².